The number of ether oxygens (including phenoxy) is 3. The predicted octanol–water partition coefficient (Wildman–Crippen LogP) is 4.83. The number of hydrogen-bond acceptors (Lipinski definition) is 8. The van der Waals surface area contributed by atoms with Gasteiger partial charge in [-0.05, 0) is 25.3 Å². The van der Waals surface area contributed by atoms with E-state index in [1.165, 1.54) is 12.5 Å². The van der Waals surface area contributed by atoms with Crippen LogP contribution in [0.1, 0.15) is 59.4 Å². The van der Waals surface area contributed by atoms with Crippen LogP contribution in [0.2, 0.25) is 0 Å². The van der Waals surface area contributed by atoms with Crippen LogP contribution in [0, 0.1) is 17.8 Å². The summed E-state index contributed by atoms with van der Waals surface area (Å²) in [6.45, 7) is 9.35. The van der Waals surface area contributed by atoms with Crippen molar-refractivity contribution < 1.29 is 33.4 Å². The highest BCUT2D eigenvalue weighted by molar-refractivity contribution is 7.98. The number of hydrogen-bond donors (Lipinski definition) is 1. The van der Waals surface area contributed by atoms with Crippen molar-refractivity contribution in [1.29, 1.82) is 0 Å². The molecule has 1 saturated heterocycles. The smallest absolute Gasteiger partial charge is 0.407 e. The summed E-state index contributed by atoms with van der Waals surface area (Å²) in [5.74, 6) is -0.599. The van der Waals surface area contributed by atoms with Crippen LogP contribution in [0.25, 0.3) is 0 Å². The van der Waals surface area contributed by atoms with Gasteiger partial charge in [0, 0.05) is 36.9 Å². The molecular formula is C28H43NO7S. The molecule has 1 N–H and O–H groups in total. The Labute approximate surface area is 225 Å². The zero-order valence-corrected chi connectivity index (χ0v) is 23.8. The number of benzene rings is 1. The molecule has 0 saturated carbocycles. The highest BCUT2D eigenvalue weighted by atomic mass is 32.2. The molecule has 2 rings (SSSR count). The molecule has 0 aliphatic carbocycles. The average molecular weight is 538 g/mol. The Morgan fingerprint density at radius 3 is 2.32 bits per heavy atom. The predicted molar refractivity (Wildman–Crippen MR) is 145 cm³/mol. The zero-order valence-electron chi connectivity index (χ0n) is 23.0. The van der Waals surface area contributed by atoms with Crippen LogP contribution in [-0.2, 0) is 34.3 Å². The molecule has 0 spiro atoms. The Kier molecular flexibility index (Phi) is 15.8. The van der Waals surface area contributed by atoms with Gasteiger partial charge in [-0.1, -0.05) is 58.0 Å². The fraction of sp³-hybridized carbons (Fsp3) is 0.643. The maximum absolute atomic E-state index is 12.8. The van der Waals surface area contributed by atoms with Crippen molar-refractivity contribution in [3.05, 3.63) is 35.9 Å². The van der Waals surface area contributed by atoms with Crippen LogP contribution < -0.4 is 5.32 Å². The molecule has 0 radical (unpaired) electrons. The minimum Gasteiger partial charge on any atom is -0.461 e. The lowest BCUT2D eigenvalue weighted by Gasteiger charge is -2.23. The fourth-order valence-corrected chi connectivity index (χ4v) is 4.79. The normalized spacial score (nSPS) is 17.8. The van der Waals surface area contributed by atoms with Crippen molar-refractivity contribution in [2.45, 2.75) is 71.8 Å². The van der Waals surface area contributed by atoms with Crippen molar-refractivity contribution in [3.63, 3.8) is 0 Å². The average Bonchev–Trinajstić information content (AvgIpc) is 3.34. The Morgan fingerprint density at radius 1 is 1.08 bits per heavy atom. The summed E-state index contributed by atoms with van der Waals surface area (Å²) in [5.41, 5.74) is 1.24. The van der Waals surface area contributed by atoms with Crippen LogP contribution in [0.5, 0.6) is 0 Å². The first-order valence-corrected chi connectivity index (χ1v) is 14.2. The number of amides is 1. The number of nitrogens with one attached hydrogen (secondary N) is 1. The molecule has 1 aliphatic rings. The highest BCUT2D eigenvalue weighted by Gasteiger charge is 2.31. The van der Waals surface area contributed by atoms with E-state index in [9.17, 15) is 19.2 Å². The molecule has 0 bridgehead atoms. The topological polar surface area (TPSA) is 108 Å². The Balaban J connectivity index is 0.00000334. The first-order chi connectivity index (χ1) is 17.7. The number of cyclic esters (lactones) is 1. The van der Waals surface area contributed by atoms with Gasteiger partial charge >= 0.3 is 12.1 Å². The van der Waals surface area contributed by atoms with E-state index in [1.54, 1.807) is 25.8 Å². The standard InChI is InChI=1S/C26H37NO7S.C2H6/c1-17(23(28)10-11-35-16-20-8-6-5-7-9-20)12-21(32-4)13-18(2)24(29)19(3)25(30)33-15-22-14-27-26(31)34-22;1-2/h5-9,17-19,21-22H,10-16H2,1-4H3,(H,27,31);1-2H3/t17-,18-,19?,21?,22?;/m1./s1. The summed E-state index contributed by atoms with van der Waals surface area (Å²) >= 11 is 1.74. The number of carbonyl (C=O) groups excluding carboxylic acids is 4. The second-order valence-corrected chi connectivity index (χ2v) is 10.2. The third-order valence-electron chi connectivity index (χ3n) is 6.15. The largest absolute Gasteiger partial charge is 0.461 e. The van der Waals surface area contributed by atoms with Gasteiger partial charge in [-0.3, -0.25) is 14.4 Å². The van der Waals surface area contributed by atoms with Crippen LogP contribution in [-0.4, -0.2) is 61.9 Å². The fourth-order valence-electron chi connectivity index (χ4n) is 3.88. The van der Waals surface area contributed by atoms with E-state index in [0.717, 1.165) is 11.5 Å². The molecule has 9 heteroatoms. The number of thioether (sulfide) groups is 1. The van der Waals surface area contributed by atoms with Crippen molar-refractivity contribution in [2.75, 3.05) is 26.0 Å². The van der Waals surface area contributed by atoms with Gasteiger partial charge in [-0.25, -0.2) is 4.79 Å². The van der Waals surface area contributed by atoms with Gasteiger partial charge in [-0.2, -0.15) is 11.8 Å². The SMILES string of the molecule is CC.COC(C[C@@H](C)C(=O)CCSCc1ccccc1)C[C@@H](C)C(=O)C(C)C(=O)OCC1CNC(=O)O1. The van der Waals surface area contributed by atoms with Gasteiger partial charge in [0.05, 0.1) is 12.6 Å². The number of methoxy groups -OCH3 is 1. The van der Waals surface area contributed by atoms with Gasteiger partial charge in [0.25, 0.3) is 0 Å². The maximum Gasteiger partial charge on any atom is 0.407 e. The minimum atomic E-state index is -0.937. The molecule has 208 valence electrons. The molecule has 5 atom stereocenters. The van der Waals surface area contributed by atoms with E-state index >= 15 is 0 Å². The van der Waals surface area contributed by atoms with Gasteiger partial charge in [0.1, 0.15) is 24.1 Å². The highest BCUT2D eigenvalue weighted by Crippen LogP contribution is 2.22. The molecule has 1 aliphatic heterocycles. The lowest BCUT2D eigenvalue weighted by molar-refractivity contribution is -0.154. The van der Waals surface area contributed by atoms with Crippen molar-refractivity contribution in [2.24, 2.45) is 17.8 Å². The van der Waals surface area contributed by atoms with E-state index < -0.39 is 30.0 Å². The van der Waals surface area contributed by atoms with E-state index in [4.69, 9.17) is 14.2 Å². The molecule has 8 nitrogen and oxygen atoms in total. The molecule has 1 heterocycles. The summed E-state index contributed by atoms with van der Waals surface area (Å²) in [6, 6.07) is 10.2. The Morgan fingerprint density at radius 2 is 1.73 bits per heavy atom. The first kappa shape index (κ1) is 32.6. The maximum atomic E-state index is 12.8. The molecular weight excluding hydrogens is 494 g/mol. The molecule has 3 unspecified atom stereocenters. The first-order valence-electron chi connectivity index (χ1n) is 13.0. The second-order valence-electron chi connectivity index (χ2n) is 9.05. The summed E-state index contributed by atoms with van der Waals surface area (Å²) in [7, 11) is 1.57. The van der Waals surface area contributed by atoms with E-state index in [-0.39, 0.29) is 36.7 Å². The molecule has 1 aromatic rings. The zero-order chi connectivity index (χ0) is 27.8. The molecule has 1 fully saturated rings. The number of ketones is 2. The van der Waals surface area contributed by atoms with Crippen molar-refractivity contribution in [1.82, 2.24) is 5.32 Å². The third kappa shape index (κ3) is 12.1. The number of Topliss-reactive ketones (excluding diaryl/α,β-unsaturated/α-hetero) is 2. The second kappa shape index (κ2) is 18.0. The summed E-state index contributed by atoms with van der Waals surface area (Å²) in [4.78, 5) is 48.7. The summed E-state index contributed by atoms with van der Waals surface area (Å²) in [5, 5.41) is 2.48. The van der Waals surface area contributed by atoms with E-state index in [2.05, 4.69) is 17.4 Å². The van der Waals surface area contributed by atoms with Gasteiger partial charge in [0.15, 0.2) is 6.10 Å². The third-order valence-corrected chi connectivity index (χ3v) is 7.18. The minimum absolute atomic E-state index is 0.0898. The number of rotatable bonds is 16. The lowest BCUT2D eigenvalue weighted by atomic mass is 9.87. The van der Waals surface area contributed by atoms with Gasteiger partial charge < -0.3 is 19.5 Å². The van der Waals surface area contributed by atoms with Crippen LogP contribution >= 0.6 is 11.8 Å². The number of carbonyl (C=O) groups is 4. The summed E-state index contributed by atoms with van der Waals surface area (Å²) < 4.78 is 15.6. The quantitative estimate of drug-likeness (QED) is 0.181. The Hall–Kier alpha value is -2.39. The van der Waals surface area contributed by atoms with E-state index in [1.807, 2.05) is 39.0 Å². The number of alkyl carbamates (subject to hydrolysis) is 1. The van der Waals surface area contributed by atoms with Gasteiger partial charge in [-0.15, -0.1) is 0 Å². The molecule has 1 amide bonds. The lowest BCUT2D eigenvalue weighted by Crippen LogP contribution is -2.33. The van der Waals surface area contributed by atoms with E-state index in [0.29, 0.717) is 19.3 Å². The van der Waals surface area contributed by atoms with Crippen molar-refractivity contribution in [3.8, 4) is 0 Å². The van der Waals surface area contributed by atoms with Crippen LogP contribution in [0.4, 0.5) is 4.79 Å². The van der Waals surface area contributed by atoms with Crippen LogP contribution in [0.3, 0.4) is 0 Å². The number of esters is 1. The van der Waals surface area contributed by atoms with Crippen LogP contribution in [0.15, 0.2) is 30.3 Å². The Bertz CT molecular complexity index is 848. The molecule has 1 aromatic carbocycles. The molecule has 37 heavy (non-hydrogen) atoms. The van der Waals surface area contributed by atoms with Gasteiger partial charge in [0.2, 0.25) is 0 Å². The van der Waals surface area contributed by atoms with Crippen molar-refractivity contribution >= 4 is 35.4 Å². The monoisotopic (exact) mass is 537 g/mol. The summed E-state index contributed by atoms with van der Waals surface area (Å²) in [6.07, 6.45) is 0.0789. The molecule has 0 aromatic heterocycles.